The molecular weight excluding hydrogens is 663 g/mol. The van der Waals surface area contributed by atoms with Crippen LogP contribution in [0.2, 0.25) is 0 Å². The molecule has 270 valence electrons. The number of unbranched alkanes of at least 4 members (excludes halogenated alkanes) is 4. The van der Waals surface area contributed by atoms with Crippen molar-refractivity contribution in [3.8, 4) is 5.75 Å². The number of aliphatic hydroxyl groups is 1. The average Bonchev–Trinajstić information content (AvgIpc) is 3.13. The standard InChI is InChI=1S/C41H49N3O6S/c42-51(47,48)35-20-12-18-32(28-35)19-13-27-49-26-11-3-1-2-10-25-44(29-33-14-6-4-7-15-33)30-38(45)36-21-23-39(41-37(36)22-24-40(46)43-41)50-31-34-16-8-5-9-17-34/h4-9,12,14-18,20-24,28,38,45H,1-3,10-11,13,19,25-27,29-31H2,(H,43,46)(H2,42,47,48)/t38-/m1/s1. The Hall–Kier alpha value is -4.32. The molecule has 0 spiro atoms. The number of nitrogens with zero attached hydrogens (tertiary/aromatic N) is 1. The number of ether oxygens (including phenoxy) is 2. The van der Waals surface area contributed by atoms with E-state index in [1.54, 1.807) is 18.2 Å². The lowest BCUT2D eigenvalue weighted by atomic mass is 10.0. The molecule has 0 aliphatic carbocycles. The summed E-state index contributed by atoms with van der Waals surface area (Å²) in [6, 6.07) is 33.9. The number of pyridine rings is 1. The SMILES string of the molecule is NS(=O)(=O)c1cccc(CCCOCCCCCCCN(Cc2ccccc2)C[C@@H](O)c2ccc(OCc3ccccc3)c3[nH]c(=O)ccc23)c1. The zero-order valence-electron chi connectivity index (χ0n) is 29.1. The maximum Gasteiger partial charge on any atom is 0.248 e. The van der Waals surface area contributed by atoms with Crippen molar-refractivity contribution in [3.63, 3.8) is 0 Å². The van der Waals surface area contributed by atoms with Gasteiger partial charge in [0, 0.05) is 37.8 Å². The number of fused-ring (bicyclic) bond motifs is 1. The zero-order chi connectivity index (χ0) is 35.9. The van der Waals surface area contributed by atoms with Crippen LogP contribution in [0.5, 0.6) is 5.75 Å². The Morgan fingerprint density at radius 3 is 2.20 bits per heavy atom. The number of hydrogen-bond donors (Lipinski definition) is 3. The number of aryl methyl sites for hydroxylation is 1. The third kappa shape index (κ3) is 12.2. The van der Waals surface area contributed by atoms with Gasteiger partial charge in [0.2, 0.25) is 15.6 Å². The smallest absolute Gasteiger partial charge is 0.248 e. The summed E-state index contributed by atoms with van der Waals surface area (Å²) in [7, 11) is -3.69. The van der Waals surface area contributed by atoms with E-state index < -0.39 is 16.1 Å². The van der Waals surface area contributed by atoms with E-state index in [1.165, 1.54) is 17.7 Å². The number of rotatable bonds is 21. The van der Waals surface area contributed by atoms with Crippen LogP contribution in [-0.4, -0.2) is 49.7 Å². The Morgan fingerprint density at radius 2 is 1.43 bits per heavy atom. The van der Waals surface area contributed by atoms with Crippen molar-refractivity contribution in [1.82, 2.24) is 9.88 Å². The second-order valence-electron chi connectivity index (χ2n) is 13.0. The lowest BCUT2D eigenvalue weighted by molar-refractivity contribution is 0.108. The van der Waals surface area contributed by atoms with E-state index in [0.717, 1.165) is 80.1 Å². The van der Waals surface area contributed by atoms with E-state index >= 15 is 0 Å². The van der Waals surface area contributed by atoms with Crippen LogP contribution in [0.15, 0.2) is 119 Å². The number of benzene rings is 4. The van der Waals surface area contributed by atoms with E-state index in [9.17, 15) is 18.3 Å². The van der Waals surface area contributed by atoms with Gasteiger partial charge in [-0.15, -0.1) is 0 Å². The molecule has 51 heavy (non-hydrogen) atoms. The first-order chi connectivity index (χ1) is 24.8. The van der Waals surface area contributed by atoms with E-state index in [-0.39, 0.29) is 10.5 Å². The van der Waals surface area contributed by atoms with E-state index in [1.807, 2.05) is 66.7 Å². The number of aliphatic hydroxyl groups excluding tert-OH is 1. The van der Waals surface area contributed by atoms with Crippen LogP contribution in [0, 0.1) is 0 Å². The Balaban J connectivity index is 1.08. The normalized spacial score (nSPS) is 12.4. The van der Waals surface area contributed by atoms with Gasteiger partial charge >= 0.3 is 0 Å². The summed E-state index contributed by atoms with van der Waals surface area (Å²) in [6.07, 6.45) is 6.07. The fraction of sp³-hybridized carbons (Fsp3) is 0.341. The molecule has 1 heterocycles. The largest absolute Gasteiger partial charge is 0.487 e. The number of aromatic nitrogens is 1. The summed E-state index contributed by atoms with van der Waals surface area (Å²) >= 11 is 0. The minimum atomic E-state index is -3.69. The van der Waals surface area contributed by atoms with Crippen LogP contribution in [0.3, 0.4) is 0 Å². The highest BCUT2D eigenvalue weighted by Crippen LogP contribution is 2.31. The molecule has 1 atom stereocenters. The first kappa shape index (κ1) is 37.9. The van der Waals surface area contributed by atoms with Gasteiger partial charge in [-0.3, -0.25) is 9.69 Å². The third-order valence-electron chi connectivity index (χ3n) is 8.91. The summed E-state index contributed by atoms with van der Waals surface area (Å²) in [4.78, 5) is 17.7. The summed E-state index contributed by atoms with van der Waals surface area (Å²) in [5, 5.41) is 17.6. The topological polar surface area (TPSA) is 135 Å². The maximum atomic E-state index is 12.3. The van der Waals surface area contributed by atoms with E-state index in [0.29, 0.717) is 37.6 Å². The van der Waals surface area contributed by atoms with Gasteiger partial charge in [-0.25, -0.2) is 13.6 Å². The number of primary sulfonamides is 1. The van der Waals surface area contributed by atoms with Crippen molar-refractivity contribution in [3.05, 3.63) is 142 Å². The van der Waals surface area contributed by atoms with Crippen molar-refractivity contribution in [1.29, 1.82) is 0 Å². The molecule has 5 aromatic rings. The predicted octanol–water partition coefficient (Wildman–Crippen LogP) is 6.89. The molecule has 10 heteroatoms. The fourth-order valence-electron chi connectivity index (χ4n) is 6.24. The highest BCUT2D eigenvalue weighted by Gasteiger charge is 2.19. The molecule has 0 bridgehead atoms. The average molecular weight is 712 g/mol. The molecule has 9 nitrogen and oxygen atoms in total. The lowest BCUT2D eigenvalue weighted by Crippen LogP contribution is -2.29. The van der Waals surface area contributed by atoms with Crippen LogP contribution < -0.4 is 15.4 Å². The first-order valence-corrected chi connectivity index (χ1v) is 19.3. The van der Waals surface area contributed by atoms with Gasteiger partial charge in [0.1, 0.15) is 12.4 Å². The quantitative estimate of drug-likeness (QED) is 0.0706. The van der Waals surface area contributed by atoms with Gasteiger partial charge in [-0.2, -0.15) is 0 Å². The molecule has 0 amide bonds. The molecule has 0 saturated carbocycles. The molecule has 0 fully saturated rings. The summed E-state index contributed by atoms with van der Waals surface area (Å²) in [5.74, 6) is 0.571. The number of H-pyrrole nitrogens is 1. The summed E-state index contributed by atoms with van der Waals surface area (Å²) in [5.41, 5.74) is 4.27. The molecule has 4 aromatic carbocycles. The van der Waals surface area contributed by atoms with Crippen LogP contribution in [0.4, 0.5) is 0 Å². The van der Waals surface area contributed by atoms with Gasteiger partial charge < -0.3 is 19.6 Å². The number of nitrogens with one attached hydrogen (secondary N) is 1. The molecule has 0 aliphatic rings. The van der Waals surface area contributed by atoms with Crippen molar-refractivity contribution in [2.24, 2.45) is 5.14 Å². The molecular formula is C41H49N3O6S. The Morgan fingerprint density at radius 1 is 0.745 bits per heavy atom. The molecule has 1 aromatic heterocycles. The molecule has 4 N–H and O–H groups in total. The number of nitrogens with two attached hydrogens (primary N) is 1. The Kier molecular flexibility index (Phi) is 14.4. The van der Waals surface area contributed by atoms with Gasteiger partial charge in [0.25, 0.3) is 0 Å². The molecule has 0 saturated heterocycles. The number of aromatic amines is 1. The highest BCUT2D eigenvalue weighted by atomic mass is 32.2. The maximum absolute atomic E-state index is 12.3. The molecule has 5 rings (SSSR count). The Bertz CT molecular complexity index is 1970. The second kappa shape index (κ2) is 19.3. The minimum absolute atomic E-state index is 0.142. The predicted molar refractivity (Wildman–Crippen MR) is 202 cm³/mol. The second-order valence-corrected chi connectivity index (χ2v) is 14.5. The summed E-state index contributed by atoms with van der Waals surface area (Å²) in [6.45, 7) is 3.74. The van der Waals surface area contributed by atoms with Gasteiger partial charge in [-0.1, -0.05) is 98.1 Å². The van der Waals surface area contributed by atoms with E-state index in [2.05, 4.69) is 22.0 Å². The van der Waals surface area contributed by atoms with Gasteiger partial charge in [0.05, 0.1) is 16.5 Å². The van der Waals surface area contributed by atoms with Crippen molar-refractivity contribution < 1.29 is 23.0 Å². The van der Waals surface area contributed by atoms with Crippen molar-refractivity contribution in [2.75, 3.05) is 26.3 Å². The van der Waals surface area contributed by atoms with Crippen LogP contribution in [-0.2, 0) is 34.3 Å². The van der Waals surface area contributed by atoms with Crippen LogP contribution >= 0.6 is 0 Å². The minimum Gasteiger partial charge on any atom is -0.487 e. The highest BCUT2D eigenvalue weighted by molar-refractivity contribution is 7.89. The molecule has 0 unspecified atom stereocenters. The lowest BCUT2D eigenvalue weighted by Gasteiger charge is -2.26. The van der Waals surface area contributed by atoms with Gasteiger partial charge in [0.15, 0.2) is 0 Å². The van der Waals surface area contributed by atoms with Crippen LogP contribution in [0.25, 0.3) is 10.9 Å². The molecule has 0 radical (unpaired) electrons. The monoisotopic (exact) mass is 711 g/mol. The van der Waals surface area contributed by atoms with Crippen molar-refractivity contribution in [2.45, 2.75) is 69.1 Å². The van der Waals surface area contributed by atoms with Crippen LogP contribution in [0.1, 0.15) is 66.9 Å². The summed E-state index contributed by atoms with van der Waals surface area (Å²) < 4.78 is 35.1. The Labute approximate surface area is 301 Å². The van der Waals surface area contributed by atoms with Crippen molar-refractivity contribution >= 4 is 20.9 Å². The van der Waals surface area contributed by atoms with Gasteiger partial charge in [-0.05, 0) is 78.7 Å². The fourth-order valence-corrected chi connectivity index (χ4v) is 6.83. The third-order valence-corrected chi connectivity index (χ3v) is 9.82. The molecule has 0 aliphatic heterocycles. The number of sulfonamides is 1. The number of hydrogen-bond acceptors (Lipinski definition) is 7. The zero-order valence-corrected chi connectivity index (χ0v) is 29.9. The van der Waals surface area contributed by atoms with E-state index in [4.69, 9.17) is 14.6 Å². The first-order valence-electron chi connectivity index (χ1n) is 17.7.